The first-order chi connectivity index (χ1) is 6.09. The van der Waals surface area contributed by atoms with Crippen molar-refractivity contribution in [3.63, 3.8) is 0 Å². The first kappa shape index (κ1) is 10.9. The molecule has 0 aliphatic rings. The van der Waals surface area contributed by atoms with Gasteiger partial charge < -0.3 is 5.32 Å². The van der Waals surface area contributed by atoms with Crippen molar-refractivity contribution in [3.05, 3.63) is 31.9 Å². The van der Waals surface area contributed by atoms with Gasteiger partial charge in [-0.3, -0.25) is 4.79 Å². The van der Waals surface area contributed by atoms with E-state index in [0.29, 0.717) is 12.1 Å². The van der Waals surface area contributed by atoms with Crippen molar-refractivity contribution in [2.75, 3.05) is 6.54 Å². The van der Waals surface area contributed by atoms with Gasteiger partial charge in [0.2, 0.25) is 0 Å². The Hall–Kier alpha value is -0.130. The van der Waals surface area contributed by atoms with Crippen LogP contribution in [0.25, 0.3) is 0 Å². The van der Waals surface area contributed by atoms with Gasteiger partial charge >= 0.3 is 0 Å². The van der Waals surface area contributed by atoms with Crippen LogP contribution < -0.4 is 5.32 Å². The summed E-state index contributed by atoms with van der Waals surface area (Å²) >= 11 is 7.95. The summed E-state index contributed by atoms with van der Waals surface area (Å²) < 4.78 is 1.71. The minimum Gasteiger partial charge on any atom is -0.347 e. The zero-order valence-corrected chi connectivity index (χ0v) is 10.6. The molecule has 0 spiro atoms. The maximum atomic E-state index is 11.4. The molecule has 1 aromatic heterocycles. The predicted molar refractivity (Wildman–Crippen MR) is 62.4 cm³/mol. The van der Waals surface area contributed by atoms with Crippen LogP contribution in [0.2, 0.25) is 0 Å². The molecule has 0 unspecified atom stereocenters. The average Bonchev–Trinajstić information content (AvgIpc) is 2.47. The van der Waals surface area contributed by atoms with E-state index in [0.717, 1.165) is 8.27 Å². The highest BCUT2D eigenvalue weighted by Crippen LogP contribution is 2.20. The first-order valence-electron chi connectivity index (χ1n) is 3.45. The average molecular weight is 325 g/mol. The number of halogens is 2. The van der Waals surface area contributed by atoms with Crippen LogP contribution in [0.5, 0.6) is 0 Å². The monoisotopic (exact) mass is 323 g/mol. The summed E-state index contributed by atoms with van der Waals surface area (Å²) in [6.45, 7) is 4.07. The molecule has 0 saturated carbocycles. The van der Waals surface area contributed by atoms with Crippen LogP contribution in [0.3, 0.4) is 0 Å². The molecule has 0 radical (unpaired) electrons. The second kappa shape index (κ2) is 4.93. The highest BCUT2D eigenvalue weighted by Gasteiger charge is 2.06. The second-order valence-corrected chi connectivity index (χ2v) is 5.75. The fraction of sp³-hybridized carbons (Fsp3) is 0.125. The van der Waals surface area contributed by atoms with Crippen LogP contribution >= 0.6 is 43.2 Å². The third-order valence-corrected chi connectivity index (χ3v) is 3.06. The molecule has 0 bridgehead atoms. The lowest BCUT2D eigenvalue weighted by atomic mass is 10.3. The molecule has 70 valence electrons. The molecular formula is C8H7Br2NOS. The molecule has 1 aromatic rings. The highest BCUT2D eigenvalue weighted by molar-refractivity contribution is 9.11. The summed E-state index contributed by atoms with van der Waals surface area (Å²) in [6, 6.07) is 1.79. The van der Waals surface area contributed by atoms with Crippen molar-refractivity contribution in [1.29, 1.82) is 0 Å². The highest BCUT2D eigenvalue weighted by atomic mass is 79.9. The van der Waals surface area contributed by atoms with E-state index < -0.39 is 0 Å². The Bertz CT molecular complexity index is 335. The van der Waals surface area contributed by atoms with E-state index in [1.807, 2.05) is 0 Å². The number of carbonyl (C=O) groups is 1. The van der Waals surface area contributed by atoms with Crippen LogP contribution in [0.1, 0.15) is 10.4 Å². The number of hydrogen-bond donors (Lipinski definition) is 1. The molecule has 13 heavy (non-hydrogen) atoms. The van der Waals surface area contributed by atoms with Gasteiger partial charge in [-0.1, -0.05) is 22.5 Å². The maximum absolute atomic E-state index is 11.4. The van der Waals surface area contributed by atoms with Crippen LogP contribution in [-0.2, 0) is 0 Å². The van der Waals surface area contributed by atoms with Crippen LogP contribution in [0.4, 0.5) is 0 Å². The van der Waals surface area contributed by atoms with Gasteiger partial charge in [-0.25, -0.2) is 0 Å². The van der Waals surface area contributed by atoms with Crippen molar-refractivity contribution >= 4 is 49.1 Å². The fourth-order valence-corrected chi connectivity index (χ4v) is 1.98. The Labute approximate surface area is 97.3 Å². The molecule has 5 heteroatoms. The molecule has 1 amide bonds. The number of rotatable bonds is 3. The molecule has 0 atom stereocenters. The van der Waals surface area contributed by atoms with E-state index in [1.165, 1.54) is 11.3 Å². The van der Waals surface area contributed by atoms with Gasteiger partial charge in [0.25, 0.3) is 5.91 Å². The lowest BCUT2D eigenvalue weighted by molar-refractivity contribution is 0.0958. The summed E-state index contributed by atoms with van der Waals surface area (Å²) in [6.07, 6.45) is 0. The van der Waals surface area contributed by atoms with Crippen molar-refractivity contribution in [3.8, 4) is 0 Å². The molecular weight excluding hydrogens is 318 g/mol. The Kier molecular flexibility index (Phi) is 4.15. The molecule has 2 nitrogen and oxygen atoms in total. The van der Waals surface area contributed by atoms with Gasteiger partial charge in [0, 0.05) is 16.4 Å². The summed E-state index contributed by atoms with van der Waals surface area (Å²) in [7, 11) is 0. The fourth-order valence-electron chi connectivity index (χ4n) is 0.707. The standard InChI is InChI=1S/C8H7Br2NOS/c1-5(9)3-11-8(12)6-2-7(10)13-4-6/h2,4H,1,3H2,(H,11,12). The number of thiophene rings is 1. The van der Waals surface area contributed by atoms with E-state index in [4.69, 9.17) is 0 Å². The second-order valence-electron chi connectivity index (χ2n) is 2.34. The first-order valence-corrected chi connectivity index (χ1v) is 5.91. The van der Waals surface area contributed by atoms with Gasteiger partial charge in [-0.2, -0.15) is 0 Å². The summed E-state index contributed by atoms with van der Waals surface area (Å²) in [4.78, 5) is 11.4. The van der Waals surface area contributed by atoms with E-state index in [2.05, 4.69) is 43.8 Å². The topological polar surface area (TPSA) is 29.1 Å². The SMILES string of the molecule is C=C(Br)CNC(=O)c1csc(Br)c1. The molecule has 0 fully saturated rings. The Morgan fingerprint density at radius 3 is 2.85 bits per heavy atom. The molecule has 1 heterocycles. The number of nitrogens with one attached hydrogen (secondary N) is 1. The van der Waals surface area contributed by atoms with Crippen LogP contribution in [-0.4, -0.2) is 12.5 Å². The van der Waals surface area contributed by atoms with E-state index >= 15 is 0 Å². The van der Waals surface area contributed by atoms with Gasteiger partial charge in [0.05, 0.1) is 9.35 Å². The summed E-state index contributed by atoms with van der Waals surface area (Å²) in [5.74, 6) is -0.0810. The lowest BCUT2D eigenvalue weighted by Crippen LogP contribution is -2.23. The van der Waals surface area contributed by atoms with E-state index in [9.17, 15) is 4.79 Å². The third-order valence-electron chi connectivity index (χ3n) is 1.27. The smallest absolute Gasteiger partial charge is 0.252 e. The lowest BCUT2D eigenvalue weighted by Gasteiger charge is -2.00. The number of hydrogen-bond acceptors (Lipinski definition) is 2. The van der Waals surface area contributed by atoms with Crippen LogP contribution in [0, 0.1) is 0 Å². The quantitative estimate of drug-likeness (QED) is 0.909. The summed E-state index contributed by atoms with van der Waals surface area (Å²) in [5.41, 5.74) is 0.672. The minimum absolute atomic E-state index is 0.0810. The van der Waals surface area contributed by atoms with Crippen molar-refractivity contribution in [1.82, 2.24) is 5.32 Å². The van der Waals surface area contributed by atoms with Crippen LogP contribution in [0.15, 0.2) is 26.3 Å². The largest absolute Gasteiger partial charge is 0.347 e. The summed E-state index contributed by atoms with van der Waals surface area (Å²) in [5, 5.41) is 4.51. The van der Waals surface area contributed by atoms with Gasteiger partial charge in [-0.05, 0) is 22.0 Å². The normalized spacial score (nSPS) is 9.69. The molecule has 0 aromatic carbocycles. The van der Waals surface area contributed by atoms with Crippen molar-refractivity contribution in [2.24, 2.45) is 0 Å². The zero-order chi connectivity index (χ0) is 9.84. The van der Waals surface area contributed by atoms with E-state index in [1.54, 1.807) is 11.4 Å². The maximum Gasteiger partial charge on any atom is 0.252 e. The van der Waals surface area contributed by atoms with Gasteiger partial charge in [-0.15, -0.1) is 11.3 Å². The molecule has 0 aliphatic carbocycles. The van der Waals surface area contributed by atoms with E-state index in [-0.39, 0.29) is 5.91 Å². The number of carbonyl (C=O) groups excluding carboxylic acids is 1. The Balaban J connectivity index is 2.54. The van der Waals surface area contributed by atoms with Gasteiger partial charge in [0.15, 0.2) is 0 Å². The zero-order valence-electron chi connectivity index (χ0n) is 6.64. The molecule has 1 N–H and O–H groups in total. The molecule has 1 rings (SSSR count). The molecule has 0 aliphatic heterocycles. The Morgan fingerprint density at radius 2 is 2.38 bits per heavy atom. The van der Waals surface area contributed by atoms with Crippen molar-refractivity contribution in [2.45, 2.75) is 0 Å². The predicted octanol–water partition coefficient (Wildman–Crippen LogP) is 3.15. The molecule has 0 saturated heterocycles. The Morgan fingerprint density at radius 1 is 1.69 bits per heavy atom. The van der Waals surface area contributed by atoms with Crippen molar-refractivity contribution < 1.29 is 4.79 Å². The third kappa shape index (κ3) is 3.62. The minimum atomic E-state index is -0.0810. The van der Waals surface area contributed by atoms with Gasteiger partial charge in [0.1, 0.15) is 0 Å². The number of amides is 1.